The molecule has 0 saturated carbocycles. The number of nitrogens with zero attached hydrogens (tertiary/aromatic N) is 1. The van der Waals surface area contributed by atoms with Crippen LogP contribution in [0, 0.1) is 11.3 Å². The van der Waals surface area contributed by atoms with Crippen molar-refractivity contribution in [2.75, 3.05) is 17.3 Å². The summed E-state index contributed by atoms with van der Waals surface area (Å²) in [7, 11) is -3.32. The molecular weight excluding hydrogens is 240 g/mol. The summed E-state index contributed by atoms with van der Waals surface area (Å²) in [5.41, 5.74) is 1.36. The molecule has 17 heavy (non-hydrogen) atoms. The number of nitrogens with one attached hydrogen (secondary N) is 1. The monoisotopic (exact) mass is 252 g/mol. The quantitative estimate of drug-likeness (QED) is 0.856. The first-order valence-corrected chi connectivity index (χ1v) is 6.90. The van der Waals surface area contributed by atoms with Gasteiger partial charge >= 0.3 is 0 Å². The highest BCUT2D eigenvalue weighted by atomic mass is 32.2. The number of carbonyl (C=O) groups is 1. The summed E-state index contributed by atoms with van der Waals surface area (Å²) in [5.74, 6) is -1.10. The molecule has 1 rings (SSSR count). The Morgan fingerprint density at radius 2 is 1.94 bits per heavy atom. The first-order valence-electron chi connectivity index (χ1n) is 4.84. The van der Waals surface area contributed by atoms with E-state index >= 15 is 0 Å². The Balaban J connectivity index is 2.64. The maximum absolute atomic E-state index is 11.3. The molecule has 1 N–H and O–H groups in total. The molecule has 0 aliphatic heterocycles. The number of anilines is 1. The molecule has 0 aliphatic carbocycles. The van der Waals surface area contributed by atoms with Gasteiger partial charge in [0.2, 0.25) is 5.91 Å². The number of amides is 1. The molecule has 1 aromatic carbocycles. The van der Waals surface area contributed by atoms with E-state index in [9.17, 15) is 13.2 Å². The third-order valence-electron chi connectivity index (χ3n) is 1.91. The Labute approximate surface area is 100.0 Å². The van der Waals surface area contributed by atoms with Crippen LogP contribution < -0.4 is 5.32 Å². The fourth-order valence-corrected chi connectivity index (χ4v) is 1.78. The van der Waals surface area contributed by atoms with Crippen molar-refractivity contribution in [3.8, 4) is 6.07 Å². The van der Waals surface area contributed by atoms with Crippen molar-refractivity contribution < 1.29 is 13.2 Å². The van der Waals surface area contributed by atoms with Crippen LogP contribution in [0.25, 0.3) is 0 Å². The molecule has 0 aliphatic rings. The molecule has 0 radical (unpaired) electrons. The lowest BCUT2D eigenvalue weighted by molar-refractivity contribution is -0.113. The first kappa shape index (κ1) is 13.2. The number of nitriles is 1. The van der Waals surface area contributed by atoms with E-state index in [4.69, 9.17) is 5.26 Å². The molecule has 0 unspecified atom stereocenters. The van der Waals surface area contributed by atoms with Gasteiger partial charge in [-0.05, 0) is 17.7 Å². The topological polar surface area (TPSA) is 87.0 Å². The molecule has 0 saturated heterocycles. The van der Waals surface area contributed by atoms with Crippen LogP contribution >= 0.6 is 0 Å². The van der Waals surface area contributed by atoms with E-state index < -0.39 is 21.5 Å². The third kappa shape index (κ3) is 5.13. The second-order valence-corrected chi connectivity index (χ2v) is 5.79. The van der Waals surface area contributed by atoms with Gasteiger partial charge in [-0.15, -0.1) is 0 Å². The molecule has 0 atom stereocenters. The molecule has 1 amide bonds. The standard InChI is InChI=1S/C11H12N2O3S/c1-17(15,16)8-11(14)13-10-4-2-9(3-5-10)6-7-12/h2-5H,6,8H2,1H3,(H,13,14). The Hall–Kier alpha value is -1.87. The Kier molecular flexibility index (Phi) is 4.24. The minimum Gasteiger partial charge on any atom is -0.325 e. The van der Waals surface area contributed by atoms with Crippen LogP contribution in [-0.2, 0) is 21.1 Å². The summed E-state index contributed by atoms with van der Waals surface area (Å²) in [6.45, 7) is 0. The van der Waals surface area contributed by atoms with Gasteiger partial charge in [0.15, 0.2) is 9.84 Å². The van der Waals surface area contributed by atoms with Gasteiger partial charge in [0.1, 0.15) is 5.75 Å². The summed E-state index contributed by atoms with van der Waals surface area (Å²) in [6, 6.07) is 8.69. The van der Waals surface area contributed by atoms with Crippen LogP contribution in [0.15, 0.2) is 24.3 Å². The molecule has 0 fully saturated rings. The molecule has 0 bridgehead atoms. The molecule has 1 aromatic rings. The minimum atomic E-state index is -3.32. The van der Waals surface area contributed by atoms with Crippen LogP contribution in [0.5, 0.6) is 0 Å². The molecule has 5 nitrogen and oxygen atoms in total. The number of sulfone groups is 1. The second kappa shape index (κ2) is 5.46. The van der Waals surface area contributed by atoms with Gasteiger partial charge in [-0.25, -0.2) is 8.42 Å². The first-order chi connectivity index (χ1) is 7.90. The van der Waals surface area contributed by atoms with Crippen molar-refractivity contribution >= 4 is 21.4 Å². The smallest absolute Gasteiger partial charge is 0.239 e. The van der Waals surface area contributed by atoms with Crippen molar-refractivity contribution in [2.24, 2.45) is 0 Å². The van der Waals surface area contributed by atoms with Gasteiger partial charge in [0.05, 0.1) is 12.5 Å². The fourth-order valence-electron chi connectivity index (χ4n) is 1.23. The summed E-state index contributed by atoms with van der Waals surface area (Å²) >= 11 is 0. The Morgan fingerprint density at radius 3 is 2.41 bits per heavy atom. The highest BCUT2D eigenvalue weighted by Gasteiger charge is 2.10. The Bertz CT molecular complexity index is 541. The van der Waals surface area contributed by atoms with Crippen molar-refractivity contribution in [1.82, 2.24) is 0 Å². The molecule has 6 heteroatoms. The highest BCUT2D eigenvalue weighted by Crippen LogP contribution is 2.09. The lowest BCUT2D eigenvalue weighted by Crippen LogP contribution is -2.21. The summed E-state index contributed by atoms with van der Waals surface area (Å²) in [5, 5.41) is 10.9. The predicted molar refractivity (Wildman–Crippen MR) is 64.1 cm³/mol. The van der Waals surface area contributed by atoms with E-state index in [1.54, 1.807) is 24.3 Å². The zero-order valence-corrected chi connectivity index (χ0v) is 10.1. The average molecular weight is 252 g/mol. The van der Waals surface area contributed by atoms with Crippen LogP contribution in [0.3, 0.4) is 0 Å². The largest absolute Gasteiger partial charge is 0.325 e. The van der Waals surface area contributed by atoms with E-state index in [0.29, 0.717) is 12.1 Å². The van der Waals surface area contributed by atoms with Crippen molar-refractivity contribution in [2.45, 2.75) is 6.42 Å². The van der Waals surface area contributed by atoms with Crippen molar-refractivity contribution in [3.05, 3.63) is 29.8 Å². The van der Waals surface area contributed by atoms with E-state index in [1.807, 2.05) is 6.07 Å². The summed E-state index contributed by atoms with van der Waals surface area (Å²) in [6.07, 6.45) is 1.31. The van der Waals surface area contributed by atoms with Crippen molar-refractivity contribution in [1.29, 1.82) is 5.26 Å². The van der Waals surface area contributed by atoms with Crippen LogP contribution in [0.4, 0.5) is 5.69 Å². The highest BCUT2D eigenvalue weighted by molar-refractivity contribution is 7.91. The van der Waals surface area contributed by atoms with E-state index in [0.717, 1.165) is 11.8 Å². The summed E-state index contributed by atoms with van der Waals surface area (Å²) in [4.78, 5) is 11.3. The van der Waals surface area contributed by atoms with E-state index in [-0.39, 0.29) is 0 Å². The van der Waals surface area contributed by atoms with Gasteiger partial charge in [0.25, 0.3) is 0 Å². The lowest BCUT2D eigenvalue weighted by Gasteiger charge is -2.04. The van der Waals surface area contributed by atoms with Crippen LogP contribution in [0.2, 0.25) is 0 Å². The minimum absolute atomic E-state index is 0.303. The number of carbonyl (C=O) groups excluding carboxylic acids is 1. The SMILES string of the molecule is CS(=O)(=O)CC(=O)Nc1ccc(CC#N)cc1. The lowest BCUT2D eigenvalue weighted by atomic mass is 10.1. The number of hydrogen-bond acceptors (Lipinski definition) is 4. The maximum atomic E-state index is 11.3. The zero-order valence-electron chi connectivity index (χ0n) is 9.30. The van der Waals surface area contributed by atoms with Crippen molar-refractivity contribution in [3.63, 3.8) is 0 Å². The molecular formula is C11H12N2O3S. The summed E-state index contributed by atoms with van der Waals surface area (Å²) < 4.78 is 21.7. The normalized spacial score (nSPS) is 10.6. The number of hydrogen-bond donors (Lipinski definition) is 1. The molecule has 0 aromatic heterocycles. The van der Waals surface area contributed by atoms with Crippen LogP contribution in [0.1, 0.15) is 5.56 Å². The van der Waals surface area contributed by atoms with Crippen LogP contribution in [-0.4, -0.2) is 26.3 Å². The van der Waals surface area contributed by atoms with Gasteiger partial charge in [-0.3, -0.25) is 4.79 Å². The Morgan fingerprint density at radius 1 is 1.35 bits per heavy atom. The predicted octanol–water partition coefficient (Wildman–Crippen LogP) is 0.736. The van der Waals surface area contributed by atoms with Gasteiger partial charge in [-0.1, -0.05) is 12.1 Å². The third-order valence-corrected chi connectivity index (χ3v) is 2.70. The maximum Gasteiger partial charge on any atom is 0.239 e. The van der Waals surface area contributed by atoms with Gasteiger partial charge < -0.3 is 5.32 Å². The fraction of sp³-hybridized carbons (Fsp3) is 0.273. The second-order valence-electron chi connectivity index (χ2n) is 3.65. The molecule has 90 valence electrons. The zero-order chi connectivity index (χ0) is 12.9. The van der Waals surface area contributed by atoms with Gasteiger partial charge in [0, 0.05) is 11.9 Å². The average Bonchev–Trinajstić information content (AvgIpc) is 2.18. The molecule has 0 heterocycles. The number of benzene rings is 1. The van der Waals surface area contributed by atoms with E-state index in [1.165, 1.54) is 0 Å². The number of rotatable bonds is 4. The molecule has 0 spiro atoms. The van der Waals surface area contributed by atoms with Gasteiger partial charge in [-0.2, -0.15) is 5.26 Å². The van der Waals surface area contributed by atoms with E-state index in [2.05, 4.69) is 5.32 Å².